The second kappa shape index (κ2) is 6.14. The summed E-state index contributed by atoms with van der Waals surface area (Å²) in [6.07, 6.45) is -3.13. The molecule has 0 amide bonds. The highest BCUT2D eigenvalue weighted by atomic mass is 16.5. The van der Waals surface area contributed by atoms with Crippen molar-refractivity contribution in [2.45, 2.75) is 19.1 Å². The molecule has 1 rings (SSSR count). The molecule has 2 atom stereocenters. The standard InChI is InChI=1S/C10H15N3O4/c1-2-17-10(16)9(15)8(14)6-4-3-5-7(12-6)13-11/h3-5,8-9,14-15H,2,11H2,1H3,(H,12,13). The lowest BCUT2D eigenvalue weighted by Gasteiger charge is -2.16. The number of carbonyl (C=O) groups excluding carboxylic acids is 1. The zero-order valence-corrected chi connectivity index (χ0v) is 9.33. The molecule has 0 aliphatic heterocycles. The number of ether oxygens (including phenoxy) is 1. The van der Waals surface area contributed by atoms with Crippen LogP contribution in [0.2, 0.25) is 0 Å². The summed E-state index contributed by atoms with van der Waals surface area (Å²) in [5, 5.41) is 19.2. The molecule has 7 nitrogen and oxygen atoms in total. The lowest BCUT2D eigenvalue weighted by Crippen LogP contribution is -2.30. The SMILES string of the molecule is CCOC(=O)C(O)C(O)c1cccc(NN)n1. The molecule has 1 aromatic heterocycles. The van der Waals surface area contributed by atoms with Crippen molar-refractivity contribution in [2.75, 3.05) is 12.0 Å². The van der Waals surface area contributed by atoms with E-state index < -0.39 is 18.2 Å². The summed E-state index contributed by atoms with van der Waals surface area (Å²) < 4.78 is 4.59. The van der Waals surface area contributed by atoms with Crippen molar-refractivity contribution in [3.63, 3.8) is 0 Å². The van der Waals surface area contributed by atoms with E-state index in [-0.39, 0.29) is 12.3 Å². The number of nitrogens with zero attached hydrogens (tertiary/aromatic N) is 1. The largest absolute Gasteiger partial charge is 0.464 e. The van der Waals surface area contributed by atoms with Crippen LogP contribution < -0.4 is 11.3 Å². The number of nitrogens with two attached hydrogens (primary N) is 1. The van der Waals surface area contributed by atoms with Crippen molar-refractivity contribution >= 4 is 11.8 Å². The van der Waals surface area contributed by atoms with Gasteiger partial charge in [0.05, 0.1) is 12.3 Å². The monoisotopic (exact) mass is 241 g/mol. The molecule has 1 aromatic rings. The van der Waals surface area contributed by atoms with Gasteiger partial charge in [-0.2, -0.15) is 0 Å². The molecule has 0 aliphatic carbocycles. The zero-order chi connectivity index (χ0) is 12.8. The van der Waals surface area contributed by atoms with Crippen molar-refractivity contribution in [1.29, 1.82) is 0 Å². The van der Waals surface area contributed by atoms with E-state index in [1.807, 2.05) is 0 Å². The van der Waals surface area contributed by atoms with Crippen LogP contribution in [0.1, 0.15) is 18.7 Å². The summed E-state index contributed by atoms with van der Waals surface area (Å²) >= 11 is 0. The summed E-state index contributed by atoms with van der Waals surface area (Å²) in [7, 11) is 0. The van der Waals surface area contributed by atoms with Crippen LogP contribution in [0.5, 0.6) is 0 Å². The lowest BCUT2D eigenvalue weighted by atomic mass is 10.1. The number of carbonyl (C=O) groups is 1. The number of aromatic nitrogens is 1. The number of anilines is 1. The Balaban J connectivity index is 2.80. The Kier molecular flexibility index (Phi) is 4.83. The number of nitrogens with one attached hydrogen (secondary N) is 1. The molecule has 0 aromatic carbocycles. The smallest absolute Gasteiger partial charge is 0.338 e. The Bertz CT molecular complexity index is 386. The van der Waals surface area contributed by atoms with E-state index in [1.54, 1.807) is 19.1 Å². The number of hydrogen-bond acceptors (Lipinski definition) is 7. The number of aliphatic hydroxyl groups is 2. The van der Waals surface area contributed by atoms with E-state index in [9.17, 15) is 15.0 Å². The molecule has 7 heteroatoms. The Morgan fingerprint density at radius 3 is 2.88 bits per heavy atom. The fraction of sp³-hybridized carbons (Fsp3) is 0.400. The van der Waals surface area contributed by atoms with Gasteiger partial charge < -0.3 is 20.4 Å². The predicted octanol–water partition coefficient (Wildman–Crippen LogP) is -0.675. The van der Waals surface area contributed by atoms with Crippen molar-refractivity contribution in [1.82, 2.24) is 4.98 Å². The molecular formula is C10H15N3O4. The highest BCUT2D eigenvalue weighted by Crippen LogP contribution is 2.17. The van der Waals surface area contributed by atoms with Crippen LogP contribution in [-0.2, 0) is 9.53 Å². The summed E-state index contributed by atoms with van der Waals surface area (Å²) in [6.45, 7) is 1.73. The molecule has 1 heterocycles. The minimum Gasteiger partial charge on any atom is -0.464 e. The van der Waals surface area contributed by atoms with Crippen molar-refractivity contribution < 1.29 is 19.7 Å². The minimum absolute atomic E-state index is 0.125. The zero-order valence-electron chi connectivity index (χ0n) is 9.33. The molecule has 0 radical (unpaired) electrons. The molecule has 0 fully saturated rings. The molecule has 2 unspecified atom stereocenters. The number of rotatable bonds is 5. The summed E-state index contributed by atoms with van der Waals surface area (Å²) in [5.41, 5.74) is 2.42. The van der Waals surface area contributed by atoms with Crippen LogP contribution in [0.15, 0.2) is 18.2 Å². The molecule has 0 saturated heterocycles. The van der Waals surface area contributed by atoms with E-state index in [0.29, 0.717) is 5.82 Å². The molecule has 17 heavy (non-hydrogen) atoms. The average Bonchev–Trinajstić information content (AvgIpc) is 2.37. The van der Waals surface area contributed by atoms with Gasteiger partial charge in [0.1, 0.15) is 11.9 Å². The molecular weight excluding hydrogens is 226 g/mol. The number of esters is 1. The molecule has 0 aliphatic rings. The fourth-order valence-electron chi connectivity index (χ4n) is 1.21. The Labute approximate surface area is 98.2 Å². The van der Waals surface area contributed by atoms with Gasteiger partial charge in [-0.3, -0.25) is 0 Å². The van der Waals surface area contributed by atoms with E-state index in [2.05, 4.69) is 15.1 Å². The Hall–Kier alpha value is -1.70. The van der Waals surface area contributed by atoms with E-state index in [1.165, 1.54) is 6.07 Å². The predicted molar refractivity (Wildman–Crippen MR) is 59.6 cm³/mol. The number of nitrogen functional groups attached to an aromatic ring is 1. The normalized spacial score (nSPS) is 13.9. The number of pyridine rings is 1. The van der Waals surface area contributed by atoms with Crippen molar-refractivity contribution in [3.05, 3.63) is 23.9 Å². The van der Waals surface area contributed by atoms with Crippen molar-refractivity contribution in [2.24, 2.45) is 5.84 Å². The Morgan fingerprint density at radius 1 is 1.59 bits per heavy atom. The molecule has 5 N–H and O–H groups in total. The van der Waals surface area contributed by atoms with Gasteiger partial charge in [0.2, 0.25) is 0 Å². The van der Waals surface area contributed by atoms with Crippen LogP contribution in [0.3, 0.4) is 0 Å². The summed E-state index contributed by atoms with van der Waals surface area (Å²) in [6, 6.07) is 4.62. The highest BCUT2D eigenvalue weighted by molar-refractivity contribution is 5.75. The van der Waals surface area contributed by atoms with Crippen molar-refractivity contribution in [3.8, 4) is 0 Å². The third-order valence-electron chi connectivity index (χ3n) is 2.05. The first-order valence-electron chi connectivity index (χ1n) is 5.06. The first-order valence-corrected chi connectivity index (χ1v) is 5.06. The topological polar surface area (TPSA) is 118 Å². The second-order valence-electron chi connectivity index (χ2n) is 3.23. The first kappa shape index (κ1) is 13.4. The number of aliphatic hydroxyl groups excluding tert-OH is 2. The van der Waals surface area contributed by atoms with Crippen LogP contribution in [0.25, 0.3) is 0 Å². The minimum atomic E-state index is -1.67. The van der Waals surface area contributed by atoms with Gasteiger partial charge in [-0.05, 0) is 19.1 Å². The van der Waals surface area contributed by atoms with Gasteiger partial charge in [0.25, 0.3) is 0 Å². The maximum Gasteiger partial charge on any atom is 0.338 e. The third kappa shape index (κ3) is 3.38. The maximum atomic E-state index is 11.2. The highest BCUT2D eigenvalue weighted by Gasteiger charge is 2.27. The quantitative estimate of drug-likeness (QED) is 0.306. The summed E-state index contributed by atoms with van der Waals surface area (Å²) in [4.78, 5) is 15.1. The van der Waals surface area contributed by atoms with E-state index in [4.69, 9.17) is 5.84 Å². The van der Waals surface area contributed by atoms with Gasteiger partial charge >= 0.3 is 5.97 Å². The van der Waals surface area contributed by atoms with E-state index in [0.717, 1.165) is 0 Å². The summed E-state index contributed by atoms with van der Waals surface area (Å²) in [5.74, 6) is 4.58. The van der Waals surface area contributed by atoms with Gasteiger partial charge in [-0.15, -0.1) is 0 Å². The van der Waals surface area contributed by atoms with Crippen LogP contribution >= 0.6 is 0 Å². The average molecular weight is 241 g/mol. The van der Waals surface area contributed by atoms with E-state index >= 15 is 0 Å². The Morgan fingerprint density at radius 2 is 2.29 bits per heavy atom. The molecule has 0 spiro atoms. The van der Waals surface area contributed by atoms with Crippen LogP contribution in [-0.4, -0.2) is 33.9 Å². The van der Waals surface area contributed by atoms with Crippen LogP contribution in [0.4, 0.5) is 5.82 Å². The lowest BCUT2D eigenvalue weighted by molar-refractivity contribution is -0.159. The third-order valence-corrected chi connectivity index (χ3v) is 2.05. The van der Waals surface area contributed by atoms with Crippen LogP contribution in [0, 0.1) is 0 Å². The van der Waals surface area contributed by atoms with Gasteiger partial charge in [-0.25, -0.2) is 15.6 Å². The number of hydrogen-bond donors (Lipinski definition) is 4. The molecule has 0 saturated carbocycles. The van der Waals surface area contributed by atoms with Gasteiger partial charge in [0, 0.05) is 0 Å². The molecule has 94 valence electrons. The second-order valence-corrected chi connectivity index (χ2v) is 3.23. The molecule has 0 bridgehead atoms. The number of hydrazine groups is 1. The van der Waals surface area contributed by atoms with Gasteiger partial charge in [-0.1, -0.05) is 6.07 Å². The fourth-order valence-corrected chi connectivity index (χ4v) is 1.21. The van der Waals surface area contributed by atoms with Gasteiger partial charge in [0.15, 0.2) is 6.10 Å². The maximum absolute atomic E-state index is 11.2. The first-order chi connectivity index (χ1) is 8.10.